The molecule has 1 aliphatic rings. The van der Waals surface area contributed by atoms with Gasteiger partial charge in [0.25, 0.3) is 0 Å². The minimum atomic E-state index is -0.482. The van der Waals surface area contributed by atoms with Gasteiger partial charge in [0.1, 0.15) is 12.3 Å². The molecule has 7 nitrogen and oxygen atoms in total. The summed E-state index contributed by atoms with van der Waals surface area (Å²) in [5, 5.41) is 6.32. The number of halogens is 1. The van der Waals surface area contributed by atoms with Crippen LogP contribution in [0.1, 0.15) is 38.2 Å². The van der Waals surface area contributed by atoms with E-state index in [-0.39, 0.29) is 23.7 Å². The first kappa shape index (κ1) is 25.3. The average molecular weight is 512 g/mol. The van der Waals surface area contributed by atoms with E-state index in [4.69, 9.17) is 4.74 Å². The van der Waals surface area contributed by atoms with Crippen LogP contribution in [0.25, 0.3) is 22.4 Å². The van der Waals surface area contributed by atoms with Gasteiger partial charge in [0.05, 0.1) is 6.20 Å². The van der Waals surface area contributed by atoms with Crippen LogP contribution >= 0.6 is 0 Å². The number of rotatable bonds is 8. The number of carbonyl (C=O) groups is 1. The second-order valence-electron chi connectivity index (χ2n) is 9.52. The Labute approximate surface area is 221 Å². The van der Waals surface area contributed by atoms with Crippen molar-refractivity contribution in [3.8, 4) is 28.3 Å². The number of aromatic nitrogens is 3. The summed E-state index contributed by atoms with van der Waals surface area (Å²) in [6.45, 7) is 1.99. The van der Waals surface area contributed by atoms with E-state index in [1.807, 2.05) is 66.7 Å². The second kappa shape index (κ2) is 11.8. The molecule has 1 saturated carbocycles. The number of benzene rings is 2. The minimum absolute atomic E-state index is 0.00161. The molecule has 0 aliphatic heterocycles. The molecule has 2 aromatic heterocycles. The summed E-state index contributed by atoms with van der Waals surface area (Å²) in [7, 11) is 0. The summed E-state index contributed by atoms with van der Waals surface area (Å²) >= 11 is 0. The average Bonchev–Trinajstić information content (AvgIpc) is 2.95. The van der Waals surface area contributed by atoms with Crippen LogP contribution in [0.4, 0.5) is 10.3 Å². The molecule has 8 heteroatoms. The second-order valence-corrected chi connectivity index (χ2v) is 9.52. The zero-order chi connectivity index (χ0) is 26.3. The number of carbonyl (C=O) groups excluding carboxylic acids is 1. The molecule has 1 amide bonds. The first-order valence-corrected chi connectivity index (χ1v) is 12.8. The monoisotopic (exact) mass is 511 g/mol. The van der Waals surface area contributed by atoms with E-state index < -0.39 is 5.82 Å². The smallest absolute Gasteiger partial charge is 0.223 e. The van der Waals surface area contributed by atoms with Crippen molar-refractivity contribution in [3.05, 3.63) is 90.5 Å². The molecule has 5 rings (SSSR count). The molecule has 194 valence electrons. The highest BCUT2D eigenvalue weighted by Gasteiger charge is 2.22. The van der Waals surface area contributed by atoms with Crippen LogP contribution in [0.5, 0.6) is 5.88 Å². The van der Waals surface area contributed by atoms with E-state index in [1.165, 1.54) is 6.20 Å². The molecule has 0 saturated heterocycles. The maximum Gasteiger partial charge on any atom is 0.223 e. The standard InChI is InChI=1S/C30H30FN5O2/c1-20(37)34-25-11-13-26(14-12-25)35-30-33-18-27(31)29(36-30)23-9-5-8-22(16-23)24-10-15-28(32-17-24)38-19-21-6-3-2-4-7-21/h2-10,15-18,25-26H,11-14,19H2,1H3,(H,34,37)(H,33,35,36). The fourth-order valence-electron chi connectivity index (χ4n) is 4.71. The summed E-state index contributed by atoms with van der Waals surface area (Å²) in [4.78, 5) is 24.4. The molecule has 2 heterocycles. The number of amides is 1. The van der Waals surface area contributed by atoms with Crippen LogP contribution in [0.15, 0.2) is 79.1 Å². The normalized spacial score (nSPS) is 17.0. The lowest BCUT2D eigenvalue weighted by Gasteiger charge is -2.29. The number of pyridine rings is 1. The first-order valence-electron chi connectivity index (χ1n) is 12.8. The van der Waals surface area contributed by atoms with Crippen molar-refractivity contribution in [2.24, 2.45) is 0 Å². The third-order valence-corrected chi connectivity index (χ3v) is 6.65. The molecule has 38 heavy (non-hydrogen) atoms. The van der Waals surface area contributed by atoms with Gasteiger partial charge in [0.2, 0.25) is 17.7 Å². The van der Waals surface area contributed by atoms with Crippen molar-refractivity contribution in [1.29, 1.82) is 0 Å². The summed E-state index contributed by atoms with van der Waals surface area (Å²) in [6.07, 6.45) is 6.50. The molecule has 1 aliphatic carbocycles. The Morgan fingerprint density at radius 1 is 0.895 bits per heavy atom. The Morgan fingerprint density at radius 2 is 1.66 bits per heavy atom. The summed E-state index contributed by atoms with van der Waals surface area (Å²) in [6, 6.07) is 21.7. The zero-order valence-electron chi connectivity index (χ0n) is 21.2. The van der Waals surface area contributed by atoms with Crippen molar-refractivity contribution in [1.82, 2.24) is 20.3 Å². The van der Waals surface area contributed by atoms with Gasteiger partial charge in [-0.2, -0.15) is 0 Å². The van der Waals surface area contributed by atoms with Crippen molar-refractivity contribution < 1.29 is 13.9 Å². The third-order valence-electron chi connectivity index (χ3n) is 6.65. The van der Waals surface area contributed by atoms with Crippen LogP contribution in [-0.2, 0) is 11.4 Å². The molecule has 0 atom stereocenters. The van der Waals surface area contributed by atoms with Crippen molar-refractivity contribution in [2.45, 2.75) is 51.3 Å². The summed E-state index contributed by atoms with van der Waals surface area (Å²) in [5.74, 6) is 0.455. The van der Waals surface area contributed by atoms with E-state index in [9.17, 15) is 9.18 Å². The lowest BCUT2D eigenvalue weighted by molar-refractivity contribution is -0.119. The minimum Gasteiger partial charge on any atom is -0.473 e. The first-order chi connectivity index (χ1) is 18.5. The Bertz CT molecular complexity index is 1370. The third kappa shape index (κ3) is 6.51. The lowest BCUT2D eigenvalue weighted by atomic mass is 9.91. The van der Waals surface area contributed by atoms with E-state index in [1.54, 1.807) is 13.1 Å². The Balaban J connectivity index is 1.26. The number of hydrogen-bond acceptors (Lipinski definition) is 6. The van der Waals surface area contributed by atoms with E-state index in [2.05, 4.69) is 25.6 Å². The number of nitrogens with one attached hydrogen (secondary N) is 2. The van der Waals surface area contributed by atoms with Gasteiger partial charge in [-0.15, -0.1) is 0 Å². The fraction of sp³-hybridized carbons (Fsp3) is 0.267. The van der Waals surface area contributed by atoms with Crippen LogP contribution in [0, 0.1) is 5.82 Å². The van der Waals surface area contributed by atoms with Crippen LogP contribution in [0.2, 0.25) is 0 Å². The van der Waals surface area contributed by atoms with Gasteiger partial charge < -0.3 is 15.4 Å². The van der Waals surface area contributed by atoms with E-state index in [0.29, 0.717) is 24.0 Å². The number of anilines is 1. The van der Waals surface area contributed by atoms with Gasteiger partial charge in [-0.25, -0.2) is 19.3 Å². The molecule has 0 bridgehead atoms. The molecule has 0 spiro atoms. The Hall–Kier alpha value is -4.33. The quantitative estimate of drug-likeness (QED) is 0.312. The molecule has 4 aromatic rings. The summed E-state index contributed by atoms with van der Waals surface area (Å²) < 4.78 is 20.6. The molecular weight excluding hydrogens is 481 g/mol. The number of nitrogens with zero attached hydrogens (tertiary/aromatic N) is 3. The molecular formula is C30H30FN5O2. The van der Waals surface area contributed by atoms with Crippen molar-refractivity contribution in [3.63, 3.8) is 0 Å². The highest BCUT2D eigenvalue weighted by molar-refractivity contribution is 5.73. The van der Waals surface area contributed by atoms with E-state index >= 15 is 0 Å². The molecule has 2 N–H and O–H groups in total. The van der Waals surface area contributed by atoms with Gasteiger partial charge in [-0.1, -0.05) is 48.5 Å². The van der Waals surface area contributed by atoms with Crippen molar-refractivity contribution in [2.75, 3.05) is 5.32 Å². The highest BCUT2D eigenvalue weighted by atomic mass is 19.1. The van der Waals surface area contributed by atoms with E-state index in [0.717, 1.165) is 42.4 Å². The van der Waals surface area contributed by atoms with Gasteiger partial charge in [0, 0.05) is 42.4 Å². The topological polar surface area (TPSA) is 89.0 Å². The molecule has 0 unspecified atom stereocenters. The van der Waals surface area contributed by atoms with Crippen LogP contribution < -0.4 is 15.4 Å². The Kier molecular flexibility index (Phi) is 7.87. The van der Waals surface area contributed by atoms with Crippen LogP contribution in [-0.4, -0.2) is 32.9 Å². The maximum atomic E-state index is 14.8. The molecule has 1 fully saturated rings. The number of hydrogen-bond donors (Lipinski definition) is 2. The van der Waals surface area contributed by atoms with Gasteiger partial charge in [-0.3, -0.25) is 4.79 Å². The SMILES string of the molecule is CC(=O)NC1CCC(Nc2ncc(F)c(-c3cccc(-c4ccc(OCc5ccccc5)nc4)c3)n2)CC1. The van der Waals surface area contributed by atoms with Crippen LogP contribution in [0.3, 0.4) is 0 Å². The molecule has 2 aromatic carbocycles. The number of ether oxygens (including phenoxy) is 1. The predicted molar refractivity (Wildman–Crippen MR) is 145 cm³/mol. The van der Waals surface area contributed by atoms with Gasteiger partial charge in [0.15, 0.2) is 5.82 Å². The Morgan fingerprint density at radius 3 is 2.39 bits per heavy atom. The zero-order valence-corrected chi connectivity index (χ0v) is 21.2. The van der Waals surface area contributed by atoms with Gasteiger partial charge >= 0.3 is 0 Å². The summed E-state index contributed by atoms with van der Waals surface area (Å²) in [5.41, 5.74) is 3.76. The highest BCUT2D eigenvalue weighted by Crippen LogP contribution is 2.28. The van der Waals surface area contributed by atoms with Gasteiger partial charge in [-0.05, 0) is 48.9 Å². The predicted octanol–water partition coefficient (Wildman–Crippen LogP) is 5.78. The lowest BCUT2D eigenvalue weighted by Crippen LogP contribution is -2.39. The van der Waals surface area contributed by atoms with Crippen molar-refractivity contribution >= 4 is 11.9 Å². The fourth-order valence-corrected chi connectivity index (χ4v) is 4.71. The maximum absolute atomic E-state index is 14.8. The largest absolute Gasteiger partial charge is 0.473 e. The molecule has 0 radical (unpaired) electrons.